The maximum Gasteiger partial charge on any atom is 0.251 e. The molecule has 1 amide bonds. The van der Waals surface area contributed by atoms with Crippen LogP contribution in [-0.2, 0) is 0 Å². The van der Waals surface area contributed by atoms with Crippen LogP contribution in [0.15, 0.2) is 30.5 Å². The van der Waals surface area contributed by atoms with Gasteiger partial charge in [-0.1, -0.05) is 0 Å². The summed E-state index contributed by atoms with van der Waals surface area (Å²) >= 11 is 0. The van der Waals surface area contributed by atoms with E-state index in [1.807, 2.05) is 25.1 Å². The number of fused-ring (bicyclic) bond motifs is 1. The smallest absolute Gasteiger partial charge is 0.251 e. The average Bonchev–Trinajstić information content (AvgIpc) is 2.28. The molecule has 1 aromatic carbocycles. The lowest BCUT2D eigenvalue weighted by Crippen LogP contribution is -2.17. The van der Waals surface area contributed by atoms with E-state index in [2.05, 4.69) is 10.3 Å². The predicted octanol–water partition coefficient (Wildman–Crippen LogP) is 1.90. The lowest BCUT2D eigenvalue weighted by molar-refractivity contribution is 0.0963. The molecule has 15 heavy (non-hydrogen) atoms. The Kier molecular flexibility index (Phi) is 2.37. The van der Waals surface area contributed by atoms with Crippen molar-refractivity contribution in [2.24, 2.45) is 0 Å². The second kappa shape index (κ2) is 3.69. The summed E-state index contributed by atoms with van der Waals surface area (Å²) in [6, 6.07) is 7.47. The summed E-state index contributed by atoms with van der Waals surface area (Å²) in [4.78, 5) is 15.7. The Morgan fingerprint density at radius 1 is 1.33 bits per heavy atom. The quantitative estimate of drug-likeness (QED) is 0.764. The molecule has 0 atom stereocenters. The van der Waals surface area contributed by atoms with Crippen molar-refractivity contribution in [2.45, 2.75) is 6.92 Å². The number of pyridine rings is 1. The molecule has 0 saturated heterocycles. The molecule has 0 aliphatic carbocycles. The Bertz CT molecular complexity index is 520. The van der Waals surface area contributed by atoms with Gasteiger partial charge >= 0.3 is 0 Å². The van der Waals surface area contributed by atoms with Gasteiger partial charge in [0.1, 0.15) is 0 Å². The highest BCUT2D eigenvalue weighted by Gasteiger charge is 2.05. The third-order valence-electron chi connectivity index (χ3n) is 2.45. The van der Waals surface area contributed by atoms with Crippen LogP contribution in [0.3, 0.4) is 0 Å². The first-order valence-corrected chi connectivity index (χ1v) is 4.80. The third kappa shape index (κ3) is 1.68. The summed E-state index contributed by atoms with van der Waals surface area (Å²) in [5.74, 6) is -0.0693. The number of hydrogen-bond donors (Lipinski definition) is 1. The summed E-state index contributed by atoms with van der Waals surface area (Å²) in [5, 5.41) is 3.63. The molecular weight excluding hydrogens is 188 g/mol. The van der Waals surface area contributed by atoms with Crippen molar-refractivity contribution < 1.29 is 4.79 Å². The van der Waals surface area contributed by atoms with E-state index in [-0.39, 0.29) is 5.91 Å². The molecule has 0 saturated carbocycles. The van der Waals surface area contributed by atoms with Gasteiger partial charge in [-0.05, 0) is 36.8 Å². The zero-order valence-corrected chi connectivity index (χ0v) is 8.74. The van der Waals surface area contributed by atoms with E-state index in [1.54, 1.807) is 19.3 Å². The van der Waals surface area contributed by atoms with Crippen molar-refractivity contribution in [1.82, 2.24) is 10.3 Å². The fourth-order valence-electron chi connectivity index (χ4n) is 1.57. The molecule has 0 aliphatic rings. The Morgan fingerprint density at radius 3 is 2.87 bits per heavy atom. The number of carbonyl (C=O) groups is 1. The van der Waals surface area contributed by atoms with Crippen LogP contribution in [0.5, 0.6) is 0 Å². The first-order valence-electron chi connectivity index (χ1n) is 4.80. The van der Waals surface area contributed by atoms with Crippen molar-refractivity contribution in [3.05, 3.63) is 41.6 Å². The van der Waals surface area contributed by atoms with Gasteiger partial charge in [0.15, 0.2) is 0 Å². The maximum absolute atomic E-state index is 11.4. The Labute approximate surface area is 88.1 Å². The average molecular weight is 200 g/mol. The molecule has 1 N–H and O–H groups in total. The van der Waals surface area contributed by atoms with Crippen molar-refractivity contribution >= 4 is 16.8 Å². The number of nitrogens with zero attached hydrogens (tertiary/aromatic N) is 1. The van der Waals surface area contributed by atoms with E-state index in [4.69, 9.17) is 0 Å². The minimum atomic E-state index is -0.0693. The van der Waals surface area contributed by atoms with Crippen molar-refractivity contribution in [3.63, 3.8) is 0 Å². The van der Waals surface area contributed by atoms with E-state index < -0.39 is 0 Å². The molecule has 0 fully saturated rings. The molecule has 76 valence electrons. The summed E-state index contributed by atoms with van der Waals surface area (Å²) in [6.45, 7) is 2.01. The molecule has 0 aliphatic heterocycles. The van der Waals surface area contributed by atoms with Gasteiger partial charge in [0.2, 0.25) is 0 Å². The monoisotopic (exact) mass is 200 g/mol. The molecular formula is C12H12N2O. The highest BCUT2D eigenvalue weighted by atomic mass is 16.1. The van der Waals surface area contributed by atoms with Gasteiger partial charge in [0.05, 0.1) is 5.52 Å². The first kappa shape index (κ1) is 9.65. The SMILES string of the molecule is CNC(=O)c1ccc2nccc(C)c2c1. The van der Waals surface area contributed by atoms with Gasteiger partial charge in [0, 0.05) is 24.2 Å². The maximum atomic E-state index is 11.4. The molecule has 0 radical (unpaired) electrons. The molecule has 0 spiro atoms. The van der Waals surface area contributed by atoms with Crippen molar-refractivity contribution in [3.8, 4) is 0 Å². The molecule has 1 heterocycles. The second-order valence-corrected chi connectivity index (χ2v) is 3.44. The number of nitrogens with one attached hydrogen (secondary N) is 1. The summed E-state index contributed by atoms with van der Waals surface area (Å²) in [6.07, 6.45) is 1.78. The number of aromatic nitrogens is 1. The van der Waals surface area contributed by atoms with Crippen LogP contribution in [0.25, 0.3) is 10.9 Å². The fourth-order valence-corrected chi connectivity index (χ4v) is 1.57. The lowest BCUT2D eigenvalue weighted by atomic mass is 10.1. The second-order valence-electron chi connectivity index (χ2n) is 3.44. The molecule has 3 heteroatoms. The third-order valence-corrected chi connectivity index (χ3v) is 2.45. The fraction of sp³-hybridized carbons (Fsp3) is 0.167. The summed E-state index contributed by atoms with van der Waals surface area (Å²) in [7, 11) is 1.63. The minimum Gasteiger partial charge on any atom is -0.355 e. The zero-order valence-electron chi connectivity index (χ0n) is 8.74. The summed E-state index contributed by atoms with van der Waals surface area (Å²) < 4.78 is 0. The molecule has 0 unspecified atom stereocenters. The van der Waals surface area contributed by atoms with E-state index >= 15 is 0 Å². The van der Waals surface area contributed by atoms with Crippen molar-refractivity contribution in [1.29, 1.82) is 0 Å². The normalized spacial score (nSPS) is 10.3. The number of rotatable bonds is 1. The van der Waals surface area contributed by atoms with Gasteiger partial charge in [-0.25, -0.2) is 0 Å². The van der Waals surface area contributed by atoms with Crippen LogP contribution in [-0.4, -0.2) is 17.9 Å². The van der Waals surface area contributed by atoms with Crippen LogP contribution >= 0.6 is 0 Å². The molecule has 1 aromatic heterocycles. The minimum absolute atomic E-state index is 0.0693. The molecule has 0 bridgehead atoms. The topological polar surface area (TPSA) is 42.0 Å². The Balaban J connectivity index is 2.64. The highest BCUT2D eigenvalue weighted by Crippen LogP contribution is 2.17. The van der Waals surface area contributed by atoms with Crippen LogP contribution in [0.2, 0.25) is 0 Å². The van der Waals surface area contributed by atoms with Crippen molar-refractivity contribution in [2.75, 3.05) is 7.05 Å². The van der Waals surface area contributed by atoms with Gasteiger partial charge in [-0.2, -0.15) is 0 Å². The first-order chi connectivity index (χ1) is 7.22. The van der Waals surface area contributed by atoms with E-state index in [1.165, 1.54) is 0 Å². The van der Waals surface area contributed by atoms with Crippen LogP contribution < -0.4 is 5.32 Å². The van der Waals surface area contributed by atoms with Gasteiger partial charge < -0.3 is 5.32 Å². The number of benzene rings is 1. The van der Waals surface area contributed by atoms with Crippen LogP contribution in [0.1, 0.15) is 15.9 Å². The molecule has 2 aromatic rings. The van der Waals surface area contributed by atoms with Crippen LogP contribution in [0.4, 0.5) is 0 Å². The number of carbonyl (C=O) groups excluding carboxylic acids is 1. The highest BCUT2D eigenvalue weighted by molar-refractivity contribution is 5.98. The zero-order chi connectivity index (χ0) is 10.8. The standard InChI is InChI=1S/C12H12N2O/c1-8-5-6-14-11-4-3-9(7-10(8)11)12(15)13-2/h3-7H,1-2H3,(H,13,15). The number of hydrogen-bond acceptors (Lipinski definition) is 2. The largest absolute Gasteiger partial charge is 0.355 e. The predicted molar refractivity (Wildman–Crippen MR) is 59.9 cm³/mol. The molecule has 3 nitrogen and oxygen atoms in total. The van der Waals surface area contributed by atoms with E-state index in [0.717, 1.165) is 16.5 Å². The van der Waals surface area contributed by atoms with Gasteiger partial charge in [-0.15, -0.1) is 0 Å². The Hall–Kier alpha value is -1.90. The number of aryl methyl sites for hydroxylation is 1. The van der Waals surface area contributed by atoms with E-state index in [0.29, 0.717) is 5.56 Å². The Morgan fingerprint density at radius 2 is 2.13 bits per heavy atom. The summed E-state index contributed by atoms with van der Waals surface area (Å²) in [5.41, 5.74) is 2.72. The molecule has 2 rings (SSSR count). The number of amides is 1. The van der Waals surface area contributed by atoms with E-state index in [9.17, 15) is 4.79 Å². The van der Waals surface area contributed by atoms with Crippen LogP contribution in [0, 0.1) is 6.92 Å². The van der Waals surface area contributed by atoms with Gasteiger partial charge in [-0.3, -0.25) is 9.78 Å². The lowest BCUT2D eigenvalue weighted by Gasteiger charge is -2.04. The van der Waals surface area contributed by atoms with Gasteiger partial charge in [0.25, 0.3) is 5.91 Å².